The van der Waals surface area contributed by atoms with Crippen LogP contribution >= 0.6 is 0 Å². The molecule has 0 aliphatic carbocycles. The molecule has 0 spiro atoms. The molecule has 0 bridgehead atoms. The maximum atomic E-state index is 13.2. The van der Waals surface area contributed by atoms with Crippen molar-refractivity contribution in [2.24, 2.45) is 0 Å². The number of aromatic nitrogens is 1. The van der Waals surface area contributed by atoms with E-state index in [0.717, 1.165) is 6.20 Å². The minimum absolute atomic E-state index is 0.000787. The van der Waals surface area contributed by atoms with Crippen LogP contribution in [0.2, 0.25) is 0 Å². The molecule has 1 aromatic carbocycles. The predicted molar refractivity (Wildman–Crippen MR) is 64.0 cm³/mol. The predicted octanol–water partition coefficient (Wildman–Crippen LogP) is 3.83. The maximum Gasteiger partial charge on any atom is 0.417 e. The van der Waals surface area contributed by atoms with E-state index >= 15 is 0 Å². The zero-order chi connectivity index (χ0) is 13.9. The van der Waals surface area contributed by atoms with Crippen molar-refractivity contribution >= 4 is 0 Å². The molecule has 0 unspecified atom stereocenters. The Morgan fingerprint density at radius 2 is 1.79 bits per heavy atom. The lowest BCUT2D eigenvalue weighted by atomic mass is 9.96. The lowest BCUT2D eigenvalue weighted by molar-refractivity contribution is -0.137. The van der Waals surface area contributed by atoms with Crippen LogP contribution in [0.3, 0.4) is 0 Å². The summed E-state index contributed by atoms with van der Waals surface area (Å²) >= 11 is 0. The summed E-state index contributed by atoms with van der Waals surface area (Å²) in [5, 5.41) is 8.63. The number of hydrogen-bond acceptors (Lipinski definition) is 2. The lowest BCUT2D eigenvalue weighted by Gasteiger charge is -2.15. The molecule has 0 radical (unpaired) electrons. The van der Waals surface area contributed by atoms with E-state index in [1.807, 2.05) is 0 Å². The van der Waals surface area contributed by atoms with Crippen LogP contribution in [-0.2, 0) is 12.6 Å². The molecule has 0 atom stereocenters. The number of pyridine rings is 1. The second kappa shape index (κ2) is 5.11. The fourth-order valence-corrected chi connectivity index (χ4v) is 1.89. The molecule has 1 aromatic heterocycles. The minimum atomic E-state index is -4.51. The summed E-state index contributed by atoms with van der Waals surface area (Å²) in [5.74, 6) is 0. The molecule has 19 heavy (non-hydrogen) atoms. The Hall–Kier alpha value is -2.35. The van der Waals surface area contributed by atoms with Gasteiger partial charge in [-0.05, 0) is 11.1 Å². The zero-order valence-corrected chi connectivity index (χ0v) is 9.78. The van der Waals surface area contributed by atoms with Crippen LogP contribution in [0.25, 0.3) is 11.1 Å². The zero-order valence-electron chi connectivity index (χ0n) is 9.78. The first-order valence-corrected chi connectivity index (χ1v) is 5.50. The Morgan fingerprint density at radius 3 is 2.37 bits per heavy atom. The van der Waals surface area contributed by atoms with E-state index in [0.29, 0.717) is 5.56 Å². The number of rotatable bonds is 2. The highest BCUT2D eigenvalue weighted by Crippen LogP contribution is 2.38. The van der Waals surface area contributed by atoms with Crippen molar-refractivity contribution in [3.8, 4) is 17.2 Å². The largest absolute Gasteiger partial charge is 0.417 e. The molecule has 0 saturated carbocycles. The highest BCUT2D eigenvalue weighted by atomic mass is 19.4. The average molecular weight is 262 g/mol. The number of nitriles is 1. The fraction of sp³-hybridized carbons (Fsp3) is 0.143. The molecule has 2 aromatic rings. The molecule has 0 N–H and O–H groups in total. The van der Waals surface area contributed by atoms with Crippen molar-refractivity contribution in [3.63, 3.8) is 0 Å². The van der Waals surface area contributed by atoms with Crippen molar-refractivity contribution in [2.75, 3.05) is 0 Å². The Kier molecular flexibility index (Phi) is 3.52. The molecule has 0 fully saturated rings. The molecule has 0 amide bonds. The number of hydrogen-bond donors (Lipinski definition) is 0. The molecular weight excluding hydrogens is 253 g/mol. The van der Waals surface area contributed by atoms with Gasteiger partial charge in [0.25, 0.3) is 0 Å². The molecule has 0 saturated heterocycles. The fourth-order valence-electron chi connectivity index (χ4n) is 1.89. The van der Waals surface area contributed by atoms with Gasteiger partial charge in [0.2, 0.25) is 0 Å². The summed E-state index contributed by atoms with van der Waals surface area (Å²) in [6.07, 6.45) is -2.56. The molecular formula is C14H9F3N2. The van der Waals surface area contributed by atoms with Gasteiger partial charge in [-0.15, -0.1) is 0 Å². The molecule has 0 aliphatic rings. The third-order valence-electron chi connectivity index (χ3n) is 2.66. The van der Waals surface area contributed by atoms with Gasteiger partial charge in [-0.2, -0.15) is 18.4 Å². The number of halogens is 3. The van der Waals surface area contributed by atoms with E-state index in [2.05, 4.69) is 4.98 Å². The van der Waals surface area contributed by atoms with Crippen molar-refractivity contribution in [1.29, 1.82) is 5.26 Å². The second-order valence-corrected chi connectivity index (χ2v) is 3.92. The quantitative estimate of drug-likeness (QED) is 0.824. The number of benzene rings is 1. The third kappa shape index (κ3) is 2.74. The van der Waals surface area contributed by atoms with Gasteiger partial charge < -0.3 is 0 Å². The highest BCUT2D eigenvalue weighted by Gasteiger charge is 2.36. The van der Waals surface area contributed by atoms with Crippen LogP contribution in [0.15, 0.2) is 42.7 Å². The average Bonchev–Trinajstić information content (AvgIpc) is 2.38. The Morgan fingerprint density at radius 1 is 1.11 bits per heavy atom. The summed E-state index contributed by atoms with van der Waals surface area (Å²) in [6, 6.07) is 9.95. The Bertz CT molecular complexity index is 613. The first-order chi connectivity index (χ1) is 9.04. The second-order valence-electron chi connectivity index (χ2n) is 3.92. The van der Waals surface area contributed by atoms with Crippen LogP contribution in [0.4, 0.5) is 13.2 Å². The third-order valence-corrected chi connectivity index (χ3v) is 2.66. The summed E-state index contributed by atoms with van der Waals surface area (Å²) < 4.78 is 39.5. The summed E-state index contributed by atoms with van der Waals surface area (Å²) in [5.41, 5.74) is -0.449. The van der Waals surface area contributed by atoms with Crippen LogP contribution in [0.5, 0.6) is 0 Å². The minimum Gasteiger partial charge on any atom is -0.264 e. The molecule has 2 nitrogen and oxygen atoms in total. The van der Waals surface area contributed by atoms with Crippen LogP contribution < -0.4 is 0 Å². The smallest absolute Gasteiger partial charge is 0.264 e. The van der Waals surface area contributed by atoms with Gasteiger partial charge >= 0.3 is 6.18 Å². The van der Waals surface area contributed by atoms with Gasteiger partial charge in [0, 0.05) is 18.0 Å². The molecule has 5 heteroatoms. The van der Waals surface area contributed by atoms with Crippen LogP contribution in [0.1, 0.15) is 11.1 Å². The van der Waals surface area contributed by atoms with Crippen molar-refractivity contribution < 1.29 is 13.2 Å². The maximum absolute atomic E-state index is 13.2. The summed E-state index contributed by atoms with van der Waals surface area (Å²) in [6.45, 7) is 0. The Labute approximate surface area is 108 Å². The highest BCUT2D eigenvalue weighted by molar-refractivity contribution is 5.68. The first-order valence-electron chi connectivity index (χ1n) is 5.50. The van der Waals surface area contributed by atoms with Crippen molar-refractivity contribution in [3.05, 3.63) is 53.9 Å². The van der Waals surface area contributed by atoms with Gasteiger partial charge in [-0.3, -0.25) is 4.98 Å². The number of nitrogens with zero attached hydrogens (tertiary/aromatic N) is 2. The molecule has 96 valence electrons. The lowest BCUT2D eigenvalue weighted by Crippen LogP contribution is -2.12. The molecule has 0 aliphatic heterocycles. The summed E-state index contributed by atoms with van der Waals surface area (Å²) in [4.78, 5) is 3.80. The van der Waals surface area contributed by atoms with Crippen LogP contribution in [-0.4, -0.2) is 4.98 Å². The molecule has 2 rings (SSSR count). The number of alkyl halides is 3. The van der Waals surface area contributed by atoms with Crippen molar-refractivity contribution in [1.82, 2.24) is 4.98 Å². The van der Waals surface area contributed by atoms with Gasteiger partial charge in [0.1, 0.15) is 0 Å². The first kappa shape index (κ1) is 13.1. The Balaban J connectivity index is 2.68. The summed E-state index contributed by atoms with van der Waals surface area (Å²) in [7, 11) is 0. The van der Waals surface area contributed by atoms with Crippen molar-refractivity contribution in [2.45, 2.75) is 12.6 Å². The van der Waals surface area contributed by atoms with Crippen LogP contribution in [0, 0.1) is 11.3 Å². The van der Waals surface area contributed by atoms with E-state index < -0.39 is 11.7 Å². The van der Waals surface area contributed by atoms with Gasteiger partial charge in [0.05, 0.1) is 18.1 Å². The van der Waals surface area contributed by atoms with E-state index in [1.165, 1.54) is 6.20 Å². The standard InChI is InChI=1S/C14H9F3N2/c15-14(16,17)13-11(6-7-18)8-19-9-12(13)10-4-2-1-3-5-10/h1-5,8-9H,6H2. The van der Waals surface area contributed by atoms with E-state index in [4.69, 9.17) is 5.26 Å². The topological polar surface area (TPSA) is 36.7 Å². The van der Waals surface area contributed by atoms with Gasteiger partial charge in [-0.1, -0.05) is 30.3 Å². The van der Waals surface area contributed by atoms with E-state index in [1.54, 1.807) is 36.4 Å². The van der Waals surface area contributed by atoms with Gasteiger partial charge in [0.15, 0.2) is 0 Å². The van der Waals surface area contributed by atoms with E-state index in [-0.39, 0.29) is 17.5 Å². The molecule has 1 heterocycles. The monoisotopic (exact) mass is 262 g/mol. The van der Waals surface area contributed by atoms with Gasteiger partial charge in [-0.25, -0.2) is 0 Å². The normalized spacial score (nSPS) is 11.1. The van der Waals surface area contributed by atoms with E-state index in [9.17, 15) is 13.2 Å². The SMILES string of the molecule is N#CCc1cncc(-c2ccccc2)c1C(F)(F)F.